The number of nitrogens with one attached hydrogen (secondary N) is 1. The number of hydrogen-bond donors (Lipinski definition) is 2. The highest BCUT2D eigenvalue weighted by Crippen LogP contribution is 2.20. The molecule has 142 valence electrons. The number of rotatable bonds is 11. The van der Waals surface area contributed by atoms with Crippen molar-refractivity contribution < 1.29 is 19.5 Å². The van der Waals surface area contributed by atoms with Gasteiger partial charge in [0.2, 0.25) is 0 Å². The molecule has 0 bridgehead atoms. The zero-order chi connectivity index (χ0) is 19.5. The summed E-state index contributed by atoms with van der Waals surface area (Å²) in [6.45, 7) is 0.516. The van der Waals surface area contributed by atoms with Crippen LogP contribution in [0.5, 0.6) is 0 Å². The van der Waals surface area contributed by atoms with E-state index in [-0.39, 0.29) is 18.1 Å². The van der Waals surface area contributed by atoms with Gasteiger partial charge in [0.05, 0.1) is 5.75 Å². The summed E-state index contributed by atoms with van der Waals surface area (Å²) in [4.78, 5) is 35.7. The van der Waals surface area contributed by atoms with E-state index in [1.165, 1.54) is 11.8 Å². The van der Waals surface area contributed by atoms with Gasteiger partial charge in [0.15, 0.2) is 5.78 Å². The topological polar surface area (TPSA) is 83.5 Å². The van der Waals surface area contributed by atoms with E-state index in [9.17, 15) is 14.4 Å². The Morgan fingerprint density at radius 2 is 1.63 bits per heavy atom. The number of carboxylic acids is 1. The van der Waals surface area contributed by atoms with E-state index in [1.54, 1.807) is 30.3 Å². The first-order valence-electron chi connectivity index (χ1n) is 8.87. The third-order valence-electron chi connectivity index (χ3n) is 3.91. The predicted molar refractivity (Wildman–Crippen MR) is 106 cm³/mol. The van der Waals surface area contributed by atoms with Crippen LogP contribution in [0.2, 0.25) is 0 Å². The highest BCUT2D eigenvalue weighted by molar-refractivity contribution is 8.00. The Labute approximate surface area is 163 Å². The highest BCUT2D eigenvalue weighted by Gasteiger charge is 2.09. The maximum Gasteiger partial charge on any atom is 0.303 e. The van der Waals surface area contributed by atoms with Crippen LogP contribution in [0.3, 0.4) is 0 Å². The Morgan fingerprint density at radius 3 is 2.37 bits per heavy atom. The van der Waals surface area contributed by atoms with Gasteiger partial charge in [0, 0.05) is 29.0 Å². The average Bonchev–Trinajstić information content (AvgIpc) is 2.69. The maximum absolute atomic E-state index is 12.2. The van der Waals surface area contributed by atoms with Gasteiger partial charge in [-0.1, -0.05) is 42.8 Å². The molecule has 0 saturated carbocycles. The number of carbonyl (C=O) groups is 3. The van der Waals surface area contributed by atoms with Crippen LogP contribution in [-0.4, -0.2) is 35.1 Å². The van der Waals surface area contributed by atoms with E-state index in [4.69, 9.17) is 5.11 Å². The number of Topliss-reactive ketones (excluding diaryl/α,β-unsaturated/α-hetero) is 1. The Kier molecular flexibility index (Phi) is 8.58. The molecule has 0 unspecified atom stereocenters. The molecule has 0 aliphatic heterocycles. The van der Waals surface area contributed by atoms with Gasteiger partial charge in [-0.15, -0.1) is 11.8 Å². The van der Waals surface area contributed by atoms with E-state index in [0.29, 0.717) is 29.8 Å². The number of thioether (sulfide) groups is 1. The number of unbranched alkanes of at least 4 members (excludes halogenated alkanes) is 2. The number of amides is 1. The molecule has 27 heavy (non-hydrogen) atoms. The Morgan fingerprint density at radius 1 is 0.889 bits per heavy atom. The van der Waals surface area contributed by atoms with Crippen molar-refractivity contribution >= 4 is 29.4 Å². The van der Waals surface area contributed by atoms with Crippen molar-refractivity contribution in [1.82, 2.24) is 5.32 Å². The standard InChI is InChI=1S/C21H23NO4S/c23-19(16-8-3-1-4-9-16)15-27-18-11-7-10-17(14-18)21(26)22-13-6-2-5-12-20(24)25/h1,3-4,7-11,14H,2,5-6,12-13,15H2,(H,22,26)(H,24,25). The third-order valence-corrected chi connectivity index (χ3v) is 4.91. The maximum atomic E-state index is 12.2. The Balaban J connectivity index is 1.77. The molecular weight excluding hydrogens is 362 g/mol. The third kappa shape index (κ3) is 7.66. The van der Waals surface area contributed by atoms with Gasteiger partial charge in [0.1, 0.15) is 0 Å². The van der Waals surface area contributed by atoms with Gasteiger partial charge in [-0.05, 0) is 31.0 Å². The molecule has 0 aromatic heterocycles. The minimum atomic E-state index is -0.793. The van der Waals surface area contributed by atoms with Gasteiger partial charge in [-0.2, -0.15) is 0 Å². The zero-order valence-corrected chi connectivity index (χ0v) is 15.8. The van der Waals surface area contributed by atoms with E-state index < -0.39 is 5.97 Å². The molecule has 0 atom stereocenters. The number of carboxylic acid groups (broad SMARTS) is 1. The smallest absolute Gasteiger partial charge is 0.303 e. The van der Waals surface area contributed by atoms with E-state index in [0.717, 1.165) is 17.7 Å². The molecule has 2 aromatic carbocycles. The summed E-state index contributed by atoms with van der Waals surface area (Å²) >= 11 is 1.41. The first-order chi connectivity index (χ1) is 13.1. The van der Waals surface area contributed by atoms with Gasteiger partial charge in [-0.3, -0.25) is 14.4 Å². The van der Waals surface area contributed by atoms with Crippen molar-refractivity contribution in [1.29, 1.82) is 0 Å². The number of aliphatic carboxylic acids is 1. The number of benzene rings is 2. The van der Waals surface area contributed by atoms with Crippen molar-refractivity contribution in [3.8, 4) is 0 Å². The Hall–Kier alpha value is -2.60. The van der Waals surface area contributed by atoms with Crippen molar-refractivity contribution in [2.75, 3.05) is 12.3 Å². The first kappa shape index (κ1) is 20.7. The normalized spacial score (nSPS) is 10.4. The summed E-state index contributed by atoms with van der Waals surface area (Å²) < 4.78 is 0. The van der Waals surface area contributed by atoms with E-state index in [1.807, 2.05) is 24.3 Å². The lowest BCUT2D eigenvalue weighted by Crippen LogP contribution is -2.24. The first-order valence-corrected chi connectivity index (χ1v) is 9.86. The molecule has 5 nitrogen and oxygen atoms in total. The second-order valence-electron chi connectivity index (χ2n) is 6.07. The van der Waals surface area contributed by atoms with Crippen LogP contribution in [0.1, 0.15) is 46.4 Å². The molecule has 1 amide bonds. The predicted octanol–water partition coefficient (Wildman–Crippen LogP) is 4.04. The quantitative estimate of drug-likeness (QED) is 0.346. The molecule has 0 spiro atoms. The molecule has 0 fully saturated rings. The molecule has 6 heteroatoms. The number of hydrogen-bond acceptors (Lipinski definition) is 4. The van der Waals surface area contributed by atoms with Crippen molar-refractivity contribution in [2.24, 2.45) is 0 Å². The molecular formula is C21H23NO4S. The van der Waals surface area contributed by atoms with Crippen LogP contribution in [0, 0.1) is 0 Å². The Bertz CT molecular complexity index is 777. The van der Waals surface area contributed by atoms with Gasteiger partial charge in [0.25, 0.3) is 5.91 Å². The van der Waals surface area contributed by atoms with Gasteiger partial charge < -0.3 is 10.4 Å². The largest absolute Gasteiger partial charge is 0.481 e. The number of ketones is 1. The van der Waals surface area contributed by atoms with Crippen LogP contribution in [0.4, 0.5) is 0 Å². The summed E-state index contributed by atoms with van der Waals surface area (Å²) in [6, 6.07) is 16.3. The lowest BCUT2D eigenvalue weighted by molar-refractivity contribution is -0.137. The lowest BCUT2D eigenvalue weighted by atomic mass is 10.2. The summed E-state index contributed by atoms with van der Waals surface area (Å²) in [5, 5.41) is 11.4. The van der Waals surface area contributed by atoms with Crippen LogP contribution in [0.15, 0.2) is 59.5 Å². The van der Waals surface area contributed by atoms with Crippen LogP contribution < -0.4 is 5.32 Å². The second kappa shape index (κ2) is 11.2. The SMILES string of the molecule is O=C(O)CCCCCNC(=O)c1cccc(SCC(=O)c2ccccc2)c1. The monoisotopic (exact) mass is 385 g/mol. The average molecular weight is 385 g/mol. The van der Waals surface area contributed by atoms with E-state index in [2.05, 4.69) is 5.32 Å². The molecule has 2 rings (SSSR count). The lowest BCUT2D eigenvalue weighted by Gasteiger charge is -2.07. The van der Waals surface area contributed by atoms with Crippen molar-refractivity contribution in [3.05, 3.63) is 65.7 Å². The van der Waals surface area contributed by atoms with Crippen LogP contribution >= 0.6 is 11.8 Å². The molecule has 0 aliphatic rings. The molecule has 0 heterocycles. The minimum absolute atomic E-state index is 0.0526. The molecule has 2 N–H and O–H groups in total. The van der Waals surface area contributed by atoms with Gasteiger partial charge in [-0.25, -0.2) is 0 Å². The van der Waals surface area contributed by atoms with Crippen molar-refractivity contribution in [2.45, 2.75) is 30.6 Å². The van der Waals surface area contributed by atoms with Crippen LogP contribution in [-0.2, 0) is 4.79 Å². The minimum Gasteiger partial charge on any atom is -0.481 e. The molecule has 0 radical (unpaired) electrons. The fourth-order valence-corrected chi connectivity index (χ4v) is 3.31. The second-order valence-corrected chi connectivity index (χ2v) is 7.11. The summed E-state index contributed by atoms with van der Waals surface area (Å²) in [5.74, 6) is -0.584. The molecule has 0 aliphatic carbocycles. The number of carbonyl (C=O) groups excluding carboxylic acids is 2. The summed E-state index contributed by atoms with van der Waals surface area (Å²) in [6.07, 6.45) is 2.30. The zero-order valence-electron chi connectivity index (χ0n) is 15.0. The van der Waals surface area contributed by atoms with E-state index >= 15 is 0 Å². The highest BCUT2D eigenvalue weighted by atomic mass is 32.2. The fourth-order valence-electron chi connectivity index (χ4n) is 2.47. The fraction of sp³-hybridized carbons (Fsp3) is 0.286. The van der Waals surface area contributed by atoms with Gasteiger partial charge >= 0.3 is 5.97 Å². The van der Waals surface area contributed by atoms with Crippen LogP contribution in [0.25, 0.3) is 0 Å². The van der Waals surface area contributed by atoms with Crippen molar-refractivity contribution in [3.63, 3.8) is 0 Å². The molecule has 2 aromatic rings. The summed E-state index contributed by atoms with van der Waals surface area (Å²) in [5.41, 5.74) is 1.24. The molecule has 0 saturated heterocycles. The summed E-state index contributed by atoms with van der Waals surface area (Å²) in [7, 11) is 0.